The number of hydrogen-bond acceptors (Lipinski definition) is 5. The van der Waals surface area contributed by atoms with Gasteiger partial charge in [0, 0.05) is 11.7 Å². The molecule has 2 rings (SSSR count). The van der Waals surface area contributed by atoms with Crippen LogP contribution in [0.2, 0.25) is 0 Å². The van der Waals surface area contributed by atoms with E-state index in [0.29, 0.717) is 11.8 Å². The first-order chi connectivity index (χ1) is 9.78. The highest BCUT2D eigenvalue weighted by Gasteiger charge is 2.11. The Balaban J connectivity index is 1.82. The summed E-state index contributed by atoms with van der Waals surface area (Å²) in [6.07, 6.45) is 3.53. The second-order valence-corrected chi connectivity index (χ2v) is 4.91. The predicted octanol–water partition coefficient (Wildman–Crippen LogP) is 1.79. The summed E-state index contributed by atoms with van der Waals surface area (Å²) in [5.74, 6) is 0.293. The molecule has 5 nitrogen and oxygen atoms in total. The zero-order chi connectivity index (χ0) is 14.2. The van der Waals surface area contributed by atoms with Gasteiger partial charge in [-0.3, -0.25) is 0 Å². The number of esters is 1. The van der Waals surface area contributed by atoms with Crippen molar-refractivity contribution in [2.24, 2.45) is 0 Å². The fourth-order valence-corrected chi connectivity index (χ4v) is 2.25. The minimum atomic E-state index is -0.377. The van der Waals surface area contributed by atoms with Crippen LogP contribution in [0, 0.1) is 0 Å². The maximum absolute atomic E-state index is 11.0. The number of carbonyl (C=O) groups excluding carboxylic acids is 1. The second-order valence-electron chi connectivity index (χ2n) is 4.91. The molecule has 1 atom stereocenters. The Bertz CT molecular complexity index is 412. The predicted molar refractivity (Wildman–Crippen MR) is 78.1 cm³/mol. The number of methoxy groups -OCH3 is 1. The van der Waals surface area contributed by atoms with Crippen molar-refractivity contribution in [2.75, 3.05) is 32.1 Å². The molecule has 0 aliphatic carbocycles. The first-order valence-corrected chi connectivity index (χ1v) is 7.05. The van der Waals surface area contributed by atoms with E-state index < -0.39 is 0 Å². The van der Waals surface area contributed by atoms with Crippen molar-refractivity contribution in [1.82, 2.24) is 5.32 Å². The summed E-state index contributed by atoms with van der Waals surface area (Å²) in [6, 6.07) is 8.20. The number of hydrogen-bond donors (Lipinski definition) is 2. The monoisotopic (exact) mass is 278 g/mol. The van der Waals surface area contributed by atoms with Crippen LogP contribution in [0.4, 0.5) is 5.69 Å². The summed E-state index contributed by atoms with van der Waals surface area (Å²) in [6.45, 7) is 2.12. The molecule has 0 bridgehead atoms. The van der Waals surface area contributed by atoms with Crippen LogP contribution in [-0.2, 0) is 9.53 Å². The van der Waals surface area contributed by atoms with Gasteiger partial charge in [0.15, 0.2) is 6.61 Å². The summed E-state index contributed by atoms with van der Waals surface area (Å²) in [5, 5.41) is 6.94. The summed E-state index contributed by atoms with van der Waals surface area (Å²) in [5.41, 5.74) is 1.09. The Morgan fingerprint density at radius 2 is 2.10 bits per heavy atom. The van der Waals surface area contributed by atoms with Gasteiger partial charge >= 0.3 is 5.97 Å². The molecule has 1 aliphatic rings. The van der Waals surface area contributed by atoms with Gasteiger partial charge in [-0.05, 0) is 56.6 Å². The van der Waals surface area contributed by atoms with Gasteiger partial charge in [0.1, 0.15) is 5.75 Å². The molecule has 1 aromatic rings. The Hall–Kier alpha value is -1.75. The normalized spacial score (nSPS) is 18.9. The molecule has 0 amide bonds. The minimum Gasteiger partial charge on any atom is -0.482 e. The van der Waals surface area contributed by atoms with E-state index in [4.69, 9.17) is 4.74 Å². The molecule has 0 saturated carbocycles. The number of carbonyl (C=O) groups is 1. The van der Waals surface area contributed by atoms with E-state index in [-0.39, 0.29) is 12.6 Å². The zero-order valence-electron chi connectivity index (χ0n) is 11.9. The lowest BCUT2D eigenvalue weighted by Gasteiger charge is -2.17. The largest absolute Gasteiger partial charge is 0.482 e. The van der Waals surface area contributed by atoms with Crippen LogP contribution in [0.5, 0.6) is 5.75 Å². The van der Waals surface area contributed by atoms with E-state index in [9.17, 15) is 4.79 Å². The number of anilines is 1. The third-order valence-corrected chi connectivity index (χ3v) is 3.39. The number of nitrogens with one attached hydrogen (secondary N) is 2. The van der Waals surface area contributed by atoms with E-state index >= 15 is 0 Å². The topological polar surface area (TPSA) is 59.6 Å². The van der Waals surface area contributed by atoms with Gasteiger partial charge in [0.25, 0.3) is 0 Å². The van der Waals surface area contributed by atoms with Gasteiger partial charge < -0.3 is 20.1 Å². The molecule has 20 heavy (non-hydrogen) atoms. The van der Waals surface area contributed by atoms with Crippen molar-refractivity contribution in [1.29, 1.82) is 0 Å². The molecule has 1 fully saturated rings. The molecule has 1 unspecified atom stereocenters. The second kappa shape index (κ2) is 7.75. The number of ether oxygens (including phenoxy) is 2. The third-order valence-electron chi connectivity index (χ3n) is 3.39. The Labute approximate surface area is 119 Å². The van der Waals surface area contributed by atoms with Gasteiger partial charge in [-0.15, -0.1) is 0 Å². The number of rotatable bonds is 5. The molecule has 0 aromatic heterocycles. The molecular formula is C15H22N2O3. The minimum absolute atomic E-state index is 0.0580. The standard InChI is InChI=1S/C15H22N2O3/c1-19-15(18)11-20-14-6-4-13(5-7-14)17-12-3-2-9-16-10-8-12/h4-7,12,16-17H,2-3,8-11H2,1H3. The summed E-state index contributed by atoms with van der Waals surface area (Å²) >= 11 is 0. The highest BCUT2D eigenvalue weighted by molar-refractivity contribution is 5.70. The van der Waals surface area contributed by atoms with Crippen molar-refractivity contribution >= 4 is 11.7 Å². The average molecular weight is 278 g/mol. The lowest BCUT2D eigenvalue weighted by atomic mass is 10.1. The van der Waals surface area contributed by atoms with Crippen molar-refractivity contribution in [3.63, 3.8) is 0 Å². The lowest BCUT2D eigenvalue weighted by Crippen LogP contribution is -2.21. The molecule has 5 heteroatoms. The Kier molecular flexibility index (Phi) is 5.68. The van der Waals surface area contributed by atoms with E-state index in [1.54, 1.807) is 0 Å². The fourth-order valence-electron chi connectivity index (χ4n) is 2.25. The third kappa shape index (κ3) is 4.74. The molecule has 0 spiro atoms. The van der Waals surface area contributed by atoms with E-state index in [0.717, 1.165) is 25.2 Å². The average Bonchev–Trinajstić information content (AvgIpc) is 2.75. The van der Waals surface area contributed by atoms with Crippen LogP contribution in [0.15, 0.2) is 24.3 Å². The number of benzene rings is 1. The molecule has 1 aromatic carbocycles. The van der Waals surface area contributed by atoms with Gasteiger partial charge in [0.05, 0.1) is 7.11 Å². The Morgan fingerprint density at radius 1 is 1.30 bits per heavy atom. The lowest BCUT2D eigenvalue weighted by molar-refractivity contribution is -0.142. The van der Waals surface area contributed by atoms with Crippen LogP contribution in [-0.4, -0.2) is 38.8 Å². The first kappa shape index (κ1) is 14.7. The van der Waals surface area contributed by atoms with Crippen molar-refractivity contribution in [3.05, 3.63) is 24.3 Å². The SMILES string of the molecule is COC(=O)COc1ccc(NC2CCCNCC2)cc1. The van der Waals surface area contributed by atoms with Crippen LogP contribution in [0.25, 0.3) is 0 Å². The highest BCUT2D eigenvalue weighted by atomic mass is 16.6. The fraction of sp³-hybridized carbons (Fsp3) is 0.533. The van der Waals surface area contributed by atoms with E-state index in [1.165, 1.54) is 20.0 Å². The molecule has 1 aliphatic heterocycles. The van der Waals surface area contributed by atoms with Gasteiger partial charge in [-0.1, -0.05) is 0 Å². The molecule has 0 radical (unpaired) electrons. The molecule has 1 saturated heterocycles. The summed E-state index contributed by atoms with van der Waals surface area (Å²) in [7, 11) is 1.35. The molecule has 110 valence electrons. The van der Waals surface area contributed by atoms with Crippen LogP contribution in [0.3, 0.4) is 0 Å². The zero-order valence-corrected chi connectivity index (χ0v) is 11.9. The summed E-state index contributed by atoms with van der Waals surface area (Å²) in [4.78, 5) is 11.0. The maximum Gasteiger partial charge on any atom is 0.343 e. The van der Waals surface area contributed by atoms with Crippen molar-refractivity contribution in [3.8, 4) is 5.75 Å². The molecule has 2 N–H and O–H groups in total. The van der Waals surface area contributed by atoms with E-state index in [2.05, 4.69) is 15.4 Å². The van der Waals surface area contributed by atoms with Crippen LogP contribution in [0.1, 0.15) is 19.3 Å². The molecular weight excluding hydrogens is 256 g/mol. The van der Waals surface area contributed by atoms with Crippen molar-refractivity contribution < 1.29 is 14.3 Å². The highest BCUT2D eigenvalue weighted by Crippen LogP contribution is 2.18. The smallest absolute Gasteiger partial charge is 0.343 e. The Morgan fingerprint density at radius 3 is 2.85 bits per heavy atom. The van der Waals surface area contributed by atoms with Gasteiger partial charge in [0.2, 0.25) is 0 Å². The van der Waals surface area contributed by atoms with E-state index in [1.807, 2.05) is 24.3 Å². The van der Waals surface area contributed by atoms with Gasteiger partial charge in [-0.2, -0.15) is 0 Å². The van der Waals surface area contributed by atoms with Crippen LogP contribution < -0.4 is 15.4 Å². The van der Waals surface area contributed by atoms with Crippen LogP contribution >= 0.6 is 0 Å². The maximum atomic E-state index is 11.0. The molecule has 1 heterocycles. The van der Waals surface area contributed by atoms with Gasteiger partial charge in [-0.25, -0.2) is 4.79 Å². The first-order valence-electron chi connectivity index (χ1n) is 7.05. The summed E-state index contributed by atoms with van der Waals surface area (Å²) < 4.78 is 9.84. The quantitative estimate of drug-likeness (QED) is 0.804. The van der Waals surface area contributed by atoms with Crippen molar-refractivity contribution in [2.45, 2.75) is 25.3 Å².